The zero-order valence-corrected chi connectivity index (χ0v) is 19.3. The van der Waals surface area contributed by atoms with Crippen molar-refractivity contribution in [1.82, 2.24) is 15.2 Å². The topological polar surface area (TPSA) is 89.4 Å². The summed E-state index contributed by atoms with van der Waals surface area (Å²) in [5, 5.41) is 5.79. The Morgan fingerprint density at radius 2 is 1.74 bits per heavy atom. The summed E-state index contributed by atoms with van der Waals surface area (Å²) in [5.74, 6) is -0.340. The van der Waals surface area contributed by atoms with Crippen LogP contribution in [0.1, 0.15) is 93.4 Å². The summed E-state index contributed by atoms with van der Waals surface area (Å²) in [5.41, 5.74) is -0.751. The predicted octanol–water partition coefficient (Wildman–Crippen LogP) is 3.25. The normalized spacial score (nSPS) is 21.6. The van der Waals surface area contributed by atoms with Gasteiger partial charge in [0.2, 0.25) is 5.43 Å². The molecule has 7 nitrogen and oxygen atoms in total. The van der Waals surface area contributed by atoms with E-state index >= 15 is 0 Å². The largest absolute Gasteiger partial charge is 0.375 e. The lowest BCUT2D eigenvalue weighted by molar-refractivity contribution is -0.0615. The van der Waals surface area contributed by atoms with E-state index in [-0.39, 0.29) is 28.8 Å². The van der Waals surface area contributed by atoms with Crippen LogP contribution >= 0.6 is 0 Å². The van der Waals surface area contributed by atoms with Crippen molar-refractivity contribution in [2.45, 2.75) is 96.9 Å². The van der Waals surface area contributed by atoms with Gasteiger partial charge in [0.15, 0.2) is 0 Å². The Labute approximate surface area is 184 Å². The maximum atomic E-state index is 13.1. The van der Waals surface area contributed by atoms with Crippen LogP contribution in [0.15, 0.2) is 17.2 Å². The Kier molecular flexibility index (Phi) is 7.57. The molecule has 172 valence electrons. The SMILES string of the molecule is CC(C)NC(=O)c1cn(CC2CCCCC2)cc(C(=O)NC2CCOC(C)(C)C2)c1=O. The van der Waals surface area contributed by atoms with E-state index in [4.69, 9.17) is 4.74 Å². The monoisotopic (exact) mass is 431 g/mol. The predicted molar refractivity (Wildman–Crippen MR) is 120 cm³/mol. The highest BCUT2D eigenvalue weighted by molar-refractivity contribution is 5.99. The molecule has 1 saturated carbocycles. The smallest absolute Gasteiger partial charge is 0.256 e. The van der Waals surface area contributed by atoms with Gasteiger partial charge in [0.1, 0.15) is 11.1 Å². The number of nitrogens with one attached hydrogen (secondary N) is 2. The summed E-state index contributed by atoms with van der Waals surface area (Å²) >= 11 is 0. The lowest BCUT2D eigenvalue weighted by Crippen LogP contribution is -2.47. The third-order valence-electron chi connectivity index (χ3n) is 6.21. The number of hydrogen-bond donors (Lipinski definition) is 2. The van der Waals surface area contributed by atoms with E-state index < -0.39 is 17.2 Å². The third-order valence-corrected chi connectivity index (χ3v) is 6.21. The highest BCUT2D eigenvalue weighted by Crippen LogP contribution is 2.26. The number of carbonyl (C=O) groups is 2. The molecule has 0 aromatic carbocycles. The number of carbonyl (C=O) groups excluding carboxylic acids is 2. The molecule has 2 heterocycles. The molecule has 0 radical (unpaired) electrons. The standard InChI is InChI=1S/C24H37N3O4/c1-16(2)25-22(29)19-14-27(13-17-8-6-5-7-9-17)15-20(21(19)28)23(30)26-18-10-11-31-24(3,4)12-18/h14-18H,5-13H2,1-4H3,(H,25,29)(H,26,30). The molecule has 2 fully saturated rings. The van der Waals surface area contributed by atoms with Gasteiger partial charge in [-0.2, -0.15) is 0 Å². The van der Waals surface area contributed by atoms with E-state index in [0.717, 1.165) is 12.8 Å². The summed E-state index contributed by atoms with van der Waals surface area (Å²) < 4.78 is 7.60. The molecule has 2 N–H and O–H groups in total. The average molecular weight is 432 g/mol. The first-order chi connectivity index (χ1) is 14.6. The van der Waals surface area contributed by atoms with E-state index in [1.807, 2.05) is 32.3 Å². The summed E-state index contributed by atoms with van der Waals surface area (Å²) in [6, 6.07) is -0.156. The molecule has 1 aromatic heterocycles. The Balaban J connectivity index is 1.87. The van der Waals surface area contributed by atoms with Crippen molar-refractivity contribution in [2.75, 3.05) is 6.61 Å². The lowest BCUT2D eigenvalue weighted by atomic mass is 9.89. The van der Waals surface area contributed by atoms with Crippen molar-refractivity contribution in [2.24, 2.45) is 5.92 Å². The Hall–Kier alpha value is -2.15. The Morgan fingerprint density at radius 1 is 1.10 bits per heavy atom. The van der Waals surface area contributed by atoms with Crippen LogP contribution in [-0.4, -0.2) is 40.7 Å². The van der Waals surface area contributed by atoms with Crippen LogP contribution in [0.3, 0.4) is 0 Å². The summed E-state index contributed by atoms with van der Waals surface area (Å²) in [4.78, 5) is 38.9. The van der Waals surface area contributed by atoms with E-state index in [1.54, 1.807) is 12.4 Å². The van der Waals surface area contributed by atoms with Crippen LogP contribution in [0.5, 0.6) is 0 Å². The molecular formula is C24H37N3O4. The van der Waals surface area contributed by atoms with E-state index in [2.05, 4.69) is 10.6 Å². The number of aromatic nitrogens is 1. The number of amides is 2. The van der Waals surface area contributed by atoms with Gasteiger partial charge < -0.3 is 19.9 Å². The van der Waals surface area contributed by atoms with Crippen LogP contribution in [0.4, 0.5) is 0 Å². The minimum Gasteiger partial charge on any atom is -0.375 e. The van der Waals surface area contributed by atoms with Crippen molar-refractivity contribution >= 4 is 11.8 Å². The molecule has 7 heteroatoms. The van der Waals surface area contributed by atoms with Crippen LogP contribution in [-0.2, 0) is 11.3 Å². The maximum absolute atomic E-state index is 13.1. The lowest BCUT2D eigenvalue weighted by Gasteiger charge is -2.35. The average Bonchev–Trinajstić information content (AvgIpc) is 2.68. The van der Waals surface area contributed by atoms with Gasteiger partial charge in [-0.3, -0.25) is 14.4 Å². The molecular weight excluding hydrogens is 394 g/mol. The van der Waals surface area contributed by atoms with Crippen molar-refractivity contribution < 1.29 is 14.3 Å². The van der Waals surface area contributed by atoms with Crippen LogP contribution in [0, 0.1) is 5.92 Å². The molecule has 1 aliphatic carbocycles. The zero-order chi connectivity index (χ0) is 22.6. The van der Waals surface area contributed by atoms with Gasteiger partial charge >= 0.3 is 0 Å². The van der Waals surface area contributed by atoms with Crippen molar-refractivity contribution in [1.29, 1.82) is 0 Å². The van der Waals surface area contributed by atoms with Gasteiger partial charge in [-0.15, -0.1) is 0 Å². The number of nitrogens with zero attached hydrogens (tertiary/aromatic N) is 1. The fraction of sp³-hybridized carbons (Fsp3) is 0.708. The van der Waals surface area contributed by atoms with Crippen molar-refractivity contribution in [3.05, 3.63) is 33.7 Å². The van der Waals surface area contributed by atoms with Gasteiger partial charge in [0.05, 0.1) is 5.60 Å². The molecule has 1 saturated heterocycles. The van der Waals surface area contributed by atoms with E-state index in [0.29, 0.717) is 31.9 Å². The first-order valence-corrected chi connectivity index (χ1v) is 11.6. The highest BCUT2D eigenvalue weighted by Gasteiger charge is 2.31. The third kappa shape index (κ3) is 6.42. The molecule has 0 spiro atoms. The Morgan fingerprint density at radius 3 is 2.35 bits per heavy atom. The number of pyridine rings is 1. The first kappa shape index (κ1) is 23.5. The first-order valence-electron chi connectivity index (χ1n) is 11.6. The molecule has 3 rings (SSSR count). The van der Waals surface area contributed by atoms with Gasteiger partial charge in [0.25, 0.3) is 11.8 Å². The highest BCUT2D eigenvalue weighted by atomic mass is 16.5. The van der Waals surface area contributed by atoms with Crippen LogP contribution in [0.25, 0.3) is 0 Å². The molecule has 1 atom stereocenters. The molecule has 1 aliphatic heterocycles. The van der Waals surface area contributed by atoms with Gasteiger partial charge in [0, 0.05) is 37.6 Å². The molecule has 31 heavy (non-hydrogen) atoms. The molecule has 1 unspecified atom stereocenters. The van der Waals surface area contributed by atoms with E-state index in [1.165, 1.54) is 19.3 Å². The molecule has 2 aliphatic rings. The van der Waals surface area contributed by atoms with Gasteiger partial charge in [-0.1, -0.05) is 19.3 Å². The second-order valence-corrected chi connectivity index (χ2v) is 10.0. The summed E-state index contributed by atoms with van der Waals surface area (Å²) in [6.07, 6.45) is 10.6. The minimum atomic E-state index is -0.512. The molecule has 1 aromatic rings. The Bertz CT molecular complexity index is 853. The summed E-state index contributed by atoms with van der Waals surface area (Å²) in [6.45, 7) is 8.98. The quantitative estimate of drug-likeness (QED) is 0.724. The van der Waals surface area contributed by atoms with Gasteiger partial charge in [-0.25, -0.2) is 0 Å². The number of rotatable bonds is 6. The van der Waals surface area contributed by atoms with Crippen molar-refractivity contribution in [3.8, 4) is 0 Å². The second kappa shape index (κ2) is 9.98. The fourth-order valence-corrected chi connectivity index (χ4v) is 4.69. The number of ether oxygens (including phenoxy) is 1. The van der Waals surface area contributed by atoms with Gasteiger partial charge in [-0.05, 0) is 59.3 Å². The molecule has 0 bridgehead atoms. The number of hydrogen-bond acceptors (Lipinski definition) is 4. The fourth-order valence-electron chi connectivity index (χ4n) is 4.69. The van der Waals surface area contributed by atoms with E-state index in [9.17, 15) is 14.4 Å². The summed E-state index contributed by atoms with van der Waals surface area (Å²) in [7, 11) is 0. The van der Waals surface area contributed by atoms with Crippen molar-refractivity contribution in [3.63, 3.8) is 0 Å². The zero-order valence-electron chi connectivity index (χ0n) is 19.3. The maximum Gasteiger partial charge on any atom is 0.256 e. The second-order valence-electron chi connectivity index (χ2n) is 10.0. The van der Waals surface area contributed by atoms with Crippen LogP contribution < -0.4 is 16.1 Å². The van der Waals surface area contributed by atoms with Crippen LogP contribution in [0.2, 0.25) is 0 Å². The minimum absolute atomic E-state index is 0.0319. The molecule has 2 amide bonds.